The summed E-state index contributed by atoms with van der Waals surface area (Å²) in [4.78, 5) is 10.6. The second kappa shape index (κ2) is 9.85. The van der Waals surface area contributed by atoms with Gasteiger partial charge in [0.1, 0.15) is 0 Å². The Morgan fingerprint density at radius 2 is 2.13 bits per heavy atom. The first-order valence-electron chi connectivity index (χ1n) is 4.71. The van der Waals surface area contributed by atoms with E-state index in [1.165, 1.54) is 14.2 Å². The van der Waals surface area contributed by atoms with Crippen molar-refractivity contribution in [2.75, 3.05) is 20.8 Å². The Hall–Kier alpha value is -0.693. The smallest absolute Gasteiger partial charge is 0.330 e. The van der Waals surface area contributed by atoms with Gasteiger partial charge in [0.05, 0.1) is 6.61 Å². The summed E-state index contributed by atoms with van der Waals surface area (Å²) in [5, 5.41) is 0. The van der Waals surface area contributed by atoms with Crippen LogP contribution in [0.3, 0.4) is 0 Å². The van der Waals surface area contributed by atoms with Crippen molar-refractivity contribution in [2.24, 2.45) is 0 Å². The van der Waals surface area contributed by atoms with Crippen LogP contribution in [0.4, 0.5) is 0 Å². The quantitative estimate of drug-likeness (QED) is 0.187. The van der Waals surface area contributed by atoms with E-state index in [9.17, 15) is 4.79 Å². The maximum Gasteiger partial charge on any atom is 0.330 e. The van der Waals surface area contributed by atoms with Gasteiger partial charge in [0, 0.05) is 20.3 Å². The number of hydrogen-bond donors (Lipinski definition) is 0. The molecule has 0 amide bonds. The highest BCUT2D eigenvalue weighted by molar-refractivity contribution is 6.27. The molecule has 0 aliphatic carbocycles. The molecule has 0 fully saturated rings. The summed E-state index contributed by atoms with van der Waals surface area (Å²) in [5.74, 6) is -0.385. The Balaban J connectivity index is 3.24. The average Bonchev–Trinajstić information content (AvgIpc) is 2.28. The molecule has 15 heavy (non-hydrogen) atoms. The van der Waals surface area contributed by atoms with Gasteiger partial charge in [-0.15, -0.1) is 0 Å². The number of methoxy groups -OCH3 is 2. The summed E-state index contributed by atoms with van der Waals surface area (Å²) in [7, 11) is 2.37. The van der Waals surface area contributed by atoms with Gasteiger partial charge in [-0.1, -0.05) is 6.58 Å². The van der Waals surface area contributed by atoms with Crippen molar-refractivity contribution >= 4 is 15.7 Å². The first-order valence-corrected chi connectivity index (χ1v) is 6.28. The van der Waals surface area contributed by atoms with Crippen molar-refractivity contribution in [3.63, 3.8) is 0 Å². The van der Waals surface area contributed by atoms with Gasteiger partial charge in [0.15, 0.2) is 9.76 Å². The molecule has 0 heterocycles. The summed E-state index contributed by atoms with van der Waals surface area (Å²) in [6.07, 6.45) is 1.95. The predicted molar refractivity (Wildman–Crippen MR) is 58.0 cm³/mol. The van der Waals surface area contributed by atoms with Gasteiger partial charge in [0.25, 0.3) is 6.48 Å². The maximum atomic E-state index is 10.6. The van der Waals surface area contributed by atoms with Crippen LogP contribution in [0.25, 0.3) is 0 Å². The summed E-state index contributed by atoms with van der Waals surface area (Å²) < 4.78 is 19.8. The lowest BCUT2D eigenvalue weighted by atomic mass is 10.5. The molecule has 0 N–H and O–H groups in total. The Morgan fingerprint density at radius 3 is 2.67 bits per heavy atom. The molecule has 0 aromatic rings. The largest absolute Gasteiger partial charge is 0.463 e. The Morgan fingerprint density at radius 1 is 1.47 bits per heavy atom. The molecule has 6 heteroatoms. The third-order valence-corrected chi connectivity index (χ3v) is 2.89. The van der Waals surface area contributed by atoms with Crippen LogP contribution in [-0.2, 0) is 23.4 Å². The van der Waals surface area contributed by atoms with E-state index >= 15 is 0 Å². The lowest BCUT2D eigenvalue weighted by Gasteiger charge is -2.13. The minimum absolute atomic E-state index is 0.385. The molecule has 0 saturated carbocycles. The molecule has 0 aromatic carbocycles. The van der Waals surface area contributed by atoms with Crippen molar-refractivity contribution in [3.05, 3.63) is 12.7 Å². The highest BCUT2D eigenvalue weighted by atomic mass is 28.2. The highest BCUT2D eigenvalue weighted by Crippen LogP contribution is 1.97. The van der Waals surface area contributed by atoms with Crippen molar-refractivity contribution in [3.8, 4) is 0 Å². The van der Waals surface area contributed by atoms with Gasteiger partial charge in [-0.2, -0.15) is 0 Å². The summed E-state index contributed by atoms with van der Waals surface area (Å²) in [5.41, 5.74) is 0. The first kappa shape index (κ1) is 14.3. The minimum atomic E-state index is -0.676. The summed E-state index contributed by atoms with van der Waals surface area (Å²) >= 11 is 0. The Kier molecular flexibility index (Phi) is 9.39. The van der Waals surface area contributed by atoms with Crippen molar-refractivity contribution in [2.45, 2.75) is 18.9 Å². The number of esters is 1. The van der Waals surface area contributed by atoms with Crippen molar-refractivity contribution in [1.29, 1.82) is 0 Å². The Labute approximate surface area is 92.3 Å². The molecular weight excluding hydrogens is 216 g/mol. The molecule has 0 aliphatic rings. The fraction of sp³-hybridized carbons (Fsp3) is 0.667. The fourth-order valence-corrected chi connectivity index (χ4v) is 1.89. The fourth-order valence-electron chi connectivity index (χ4n) is 0.848. The van der Waals surface area contributed by atoms with Gasteiger partial charge in [-0.05, 0) is 12.5 Å². The van der Waals surface area contributed by atoms with Crippen LogP contribution in [0.1, 0.15) is 6.42 Å². The molecule has 0 spiro atoms. The molecule has 0 saturated heterocycles. The Bertz CT molecular complexity index is 181. The van der Waals surface area contributed by atoms with E-state index in [-0.39, 0.29) is 5.97 Å². The summed E-state index contributed by atoms with van der Waals surface area (Å²) in [6, 6.07) is 0.910. The van der Waals surface area contributed by atoms with E-state index in [0.717, 1.165) is 18.5 Å². The van der Waals surface area contributed by atoms with Crippen molar-refractivity contribution < 1.29 is 23.4 Å². The van der Waals surface area contributed by atoms with Crippen molar-refractivity contribution in [1.82, 2.24) is 0 Å². The van der Waals surface area contributed by atoms with Gasteiger partial charge in [-0.3, -0.25) is 0 Å². The van der Waals surface area contributed by atoms with Crippen LogP contribution in [0.2, 0.25) is 6.04 Å². The van der Waals surface area contributed by atoms with Crippen LogP contribution < -0.4 is 0 Å². The SMILES string of the molecule is C=CC(=O)OCCC[SiH2]OC(OC)OC. The number of hydrogen-bond acceptors (Lipinski definition) is 5. The third kappa shape index (κ3) is 8.31. The standard InChI is InChI=1S/C9H18O5Si/c1-4-8(10)13-6-5-7-15-14-9(11-2)12-3/h4,9H,1,5-7,15H2,2-3H3. The number of rotatable bonds is 9. The lowest BCUT2D eigenvalue weighted by molar-refractivity contribution is -0.219. The predicted octanol–water partition coefficient (Wildman–Crippen LogP) is 0.201. The van der Waals surface area contributed by atoms with Crippen LogP contribution >= 0.6 is 0 Å². The molecule has 0 bridgehead atoms. The van der Waals surface area contributed by atoms with E-state index < -0.39 is 16.2 Å². The van der Waals surface area contributed by atoms with E-state index in [4.69, 9.17) is 18.6 Å². The molecule has 0 unspecified atom stereocenters. The second-order valence-electron chi connectivity index (χ2n) is 2.71. The topological polar surface area (TPSA) is 54.0 Å². The molecule has 5 nitrogen and oxygen atoms in total. The molecule has 0 radical (unpaired) electrons. The zero-order chi connectivity index (χ0) is 11.5. The average molecular weight is 234 g/mol. The van der Waals surface area contributed by atoms with Crippen LogP contribution in [-0.4, -0.2) is 43.0 Å². The monoisotopic (exact) mass is 234 g/mol. The molecule has 0 aliphatic heterocycles. The van der Waals surface area contributed by atoms with Gasteiger partial charge in [0.2, 0.25) is 0 Å². The lowest BCUT2D eigenvalue weighted by Crippen LogP contribution is -2.19. The minimum Gasteiger partial charge on any atom is -0.463 e. The van der Waals surface area contributed by atoms with Crippen LogP contribution in [0.15, 0.2) is 12.7 Å². The molecule has 0 aromatic heterocycles. The van der Waals surface area contributed by atoms with E-state index in [1.54, 1.807) is 0 Å². The highest BCUT2D eigenvalue weighted by Gasteiger charge is 2.03. The number of carbonyl (C=O) groups excluding carboxylic acids is 1. The van der Waals surface area contributed by atoms with E-state index in [1.807, 2.05) is 0 Å². The maximum absolute atomic E-state index is 10.6. The molecular formula is C9H18O5Si. The van der Waals surface area contributed by atoms with Crippen LogP contribution in [0.5, 0.6) is 0 Å². The second-order valence-corrected chi connectivity index (χ2v) is 4.16. The normalized spacial score (nSPS) is 11.1. The van der Waals surface area contributed by atoms with Gasteiger partial charge >= 0.3 is 5.97 Å². The number of ether oxygens (including phenoxy) is 3. The number of carbonyl (C=O) groups is 1. The molecule has 88 valence electrons. The zero-order valence-corrected chi connectivity index (χ0v) is 10.6. The van der Waals surface area contributed by atoms with Crippen LogP contribution in [0, 0.1) is 0 Å². The van der Waals surface area contributed by atoms with Gasteiger partial charge in [-0.25, -0.2) is 4.79 Å². The van der Waals surface area contributed by atoms with Gasteiger partial charge < -0.3 is 18.6 Å². The summed E-state index contributed by atoms with van der Waals surface area (Å²) in [6.45, 7) is 3.14. The van der Waals surface area contributed by atoms with E-state index in [2.05, 4.69) is 6.58 Å². The molecule has 0 atom stereocenters. The first-order chi connectivity index (χ1) is 7.24. The zero-order valence-electron chi connectivity index (χ0n) is 9.23. The molecule has 0 rings (SSSR count). The third-order valence-electron chi connectivity index (χ3n) is 1.59. The van der Waals surface area contributed by atoms with E-state index in [0.29, 0.717) is 6.61 Å².